The molecule has 2 aromatic carbocycles. The Morgan fingerprint density at radius 2 is 1.88 bits per heavy atom. The van der Waals surface area contributed by atoms with Crippen molar-refractivity contribution in [3.05, 3.63) is 60.0 Å². The first-order valence-corrected chi connectivity index (χ1v) is 8.18. The molecule has 1 aromatic heterocycles. The molecular weight excluding hydrogens is 367 g/mol. The minimum Gasteiger partial charge on any atom is -0.423 e. The Balaban J connectivity index is 1.76. The number of hydrogen-bond donors (Lipinski definition) is 1. The maximum Gasteiger partial charge on any atom is 0.446 e. The molecule has 26 heavy (non-hydrogen) atoms. The summed E-state index contributed by atoms with van der Waals surface area (Å²) in [5.74, 6) is -0.117. The monoisotopic (exact) mass is 379 g/mol. The lowest BCUT2D eigenvalue weighted by Crippen LogP contribution is -2.12. The number of halogens is 3. The molecule has 0 atom stereocenters. The summed E-state index contributed by atoms with van der Waals surface area (Å²) in [5.41, 5.74) is -2.12. The molecule has 0 bridgehead atoms. The van der Waals surface area contributed by atoms with Crippen LogP contribution in [0.1, 0.15) is 15.9 Å². The molecule has 0 fully saturated rings. The van der Waals surface area contributed by atoms with Gasteiger partial charge in [0.2, 0.25) is 12.3 Å². The predicted octanol–water partition coefficient (Wildman–Crippen LogP) is 4.91. The lowest BCUT2D eigenvalue weighted by Gasteiger charge is -2.10. The normalized spacial score (nSPS) is 11.4. The summed E-state index contributed by atoms with van der Waals surface area (Å²) >= 11 is -0.227. The van der Waals surface area contributed by atoms with Crippen LogP contribution in [0.25, 0.3) is 11.5 Å². The van der Waals surface area contributed by atoms with Crippen molar-refractivity contribution in [3.63, 3.8) is 0 Å². The van der Waals surface area contributed by atoms with E-state index in [0.29, 0.717) is 17.1 Å². The number of aromatic nitrogens is 2. The molecule has 0 aliphatic heterocycles. The van der Waals surface area contributed by atoms with E-state index in [1.54, 1.807) is 18.2 Å². The Morgan fingerprint density at radius 1 is 1.15 bits per heavy atom. The van der Waals surface area contributed by atoms with Crippen LogP contribution in [-0.2, 0) is 0 Å². The number of thioether (sulfide) groups is 1. The summed E-state index contributed by atoms with van der Waals surface area (Å²) in [6, 6.07) is 10.5. The molecule has 0 spiro atoms. The maximum atomic E-state index is 12.4. The highest BCUT2D eigenvalue weighted by Crippen LogP contribution is 2.36. The Bertz CT molecular complexity index is 910. The lowest BCUT2D eigenvalue weighted by molar-refractivity contribution is -0.0328. The predicted molar refractivity (Wildman–Crippen MR) is 90.8 cm³/mol. The van der Waals surface area contributed by atoms with Gasteiger partial charge in [0.15, 0.2) is 0 Å². The average Bonchev–Trinajstić information content (AvgIpc) is 3.10. The molecule has 0 saturated heterocycles. The van der Waals surface area contributed by atoms with Gasteiger partial charge in [0, 0.05) is 21.7 Å². The molecule has 3 aromatic rings. The minimum absolute atomic E-state index is 0.0172. The molecule has 0 aliphatic rings. The largest absolute Gasteiger partial charge is 0.446 e. The topological polar surface area (TPSA) is 68.0 Å². The van der Waals surface area contributed by atoms with Crippen molar-refractivity contribution in [1.29, 1.82) is 0 Å². The average molecular weight is 379 g/mol. The zero-order chi connectivity index (χ0) is 18.7. The van der Waals surface area contributed by atoms with Crippen LogP contribution in [0.2, 0.25) is 0 Å². The number of carbonyl (C=O) groups excluding carboxylic acids is 1. The van der Waals surface area contributed by atoms with Gasteiger partial charge in [-0.3, -0.25) is 4.79 Å². The quantitative estimate of drug-likeness (QED) is 0.653. The van der Waals surface area contributed by atoms with E-state index in [1.807, 2.05) is 6.92 Å². The summed E-state index contributed by atoms with van der Waals surface area (Å²) in [4.78, 5) is 12.4. The summed E-state index contributed by atoms with van der Waals surface area (Å²) in [5, 5.41) is 10.2. The van der Waals surface area contributed by atoms with E-state index >= 15 is 0 Å². The smallest absolute Gasteiger partial charge is 0.423 e. The fraction of sp³-hybridized carbons (Fsp3) is 0.118. The number of nitrogens with zero attached hydrogens (tertiary/aromatic N) is 2. The van der Waals surface area contributed by atoms with Gasteiger partial charge in [0.1, 0.15) is 0 Å². The number of carbonyl (C=O) groups is 1. The first-order chi connectivity index (χ1) is 12.3. The molecule has 134 valence electrons. The summed E-state index contributed by atoms with van der Waals surface area (Å²) < 4.78 is 42.2. The number of rotatable bonds is 4. The van der Waals surface area contributed by atoms with Crippen LogP contribution in [0, 0.1) is 6.92 Å². The molecule has 9 heteroatoms. The fourth-order valence-corrected chi connectivity index (χ4v) is 2.73. The fourth-order valence-electron chi connectivity index (χ4n) is 2.19. The Morgan fingerprint density at radius 3 is 2.50 bits per heavy atom. The molecule has 0 aliphatic carbocycles. The van der Waals surface area contributed by atoms with Crippen molar-refractivity contribution in [2.45, 2.75) is 17.3 Å². The van der Waals surface area contributed by atoms with Gasteiger partial charge in [-0.25, -0.2) is 0 Å². The second-order valence-electron chi connectivity index (χ2n) is 5.30. The molecule has 5 nitrogen and oxygen atoms in total. The molecule has 1 amide bonds. The molecule has 0 saturated carbocycles. The van der Waals surface area contributed by atoms with Crippen LogP contribution in [0.15, 0.2) is 58.2 Å². The van der Waals surface area contributed by atoms with Crippen LogP contribution in [-0.4, -0.2) is 21.6 Å². The minimum atomic E-state index is -4.37. The Hall–Kier alpha value is -2.81. The SMILES string of the molecule is Cc1ccc(-c2nnco2)cc1NC(=O)c1ccc(SC(F)(F)F)cc1. The molecule has 3 rings (SSSR count). The van der Waals surface area contributed by atoms with Crippen LogP contribution in [0.3, 0.4) is 0 Å². The summed E-state index contributed by atoms with van der Waals surface area (Å²) in [7, 11) is 0. The number of nitrogens with one attached hydrogen (secondary N) is 1. The molecule has 1 N–H and O–H groups in total. The van der Waals surface area contributed by atoms with Gasteiger partial charge in [-0.1, -0.05) is 6.07 Å². The van der Waals surface area contributed by atoms with Gasteiger partial charge in [-0.05, 0) is 60.6 Å². The highest BCUT2D eigenvalue weighted by atomic mass is 32.2. The van der Waals surface area contributed by atoms with E-state index in [-0.39, 0.29) is 22.2 Å². The van der Waals surface area contributed by atoms with Gasteiger partial charge < -0.3 is 9.73 Å². The lowest BCUT2D eigenvalue weighted by atomic mass is 10.1. The van der Waals surface area contributed by atoms with E-state index < -0.39 is 11.4 Å². The van der Waals surface area contributed by atoms with E-state index in [1.165, 1.54) is 30.7 Å². The van der Waals surface area contributed by atoms with Crippen molar-refractivity contribution in [2.75, 3.05) is 5.32 Å². The van der Waals surface area contributed by atoms with Crippen LogP contribution in [0.4, 0.5) is 18.9 Å². The van der Waals surface area contributed by atoms with E-state index in [0.717, 1.165) is 5.56 Å². The van der Waals surface area contributed by atoms with Crippen molar-refractivity contribution in [1.82, 2.24) is 10.2 Å². The number of hydrogen-bond acceptors (Lipinski definition) is 5. The van der Waals surface area contributed by atoms with Crippen molar-refractivity contribution < 1.29 is 22.4 Å². The van der Waals surface area contributed by atoms with Crippen molar-refractivity contribution >= 4 is 23.4 Å². The van der Waals surface area contributed by atoms with Crippen LogP contribution in [0.5, 0.6) is 0 Å². The number of amides is 1. The van der Waals surface area contributed by atoms with Crippen molar-refractivity contribution in [2.24, 2.45) is 0 Å². The zero-order valence-corrected chi connectivity index (χ0v) is 14.2. The van der Waals surface area contributed by atoms with Gasteiger partial charge in [0.05, 0.1) is 0 Å². The molecule has 0 unspecified atom stereocenters. The first kappa shape index (κ1) is 18.0. The number of benzene rings is 2. The number of alkyl halides is 3. The van der Waals surface area contributed by atoms with Gasteiger partial charge in [-0.2, -0.15) is 13.2 Å². The van der Waals surface area contributed by atoms with Gasteiger partial charge in [-0.15, -0.1) is 10.2 Å². The molecule has 0 radical (unpaired) electrons. The third-order valence-corrected chi connectivity index (χ3v) is 4.18. The van der Waals surface area contributed by atoms with Gasteiger partial charge in [0.25, 0.3) is 5.91 Å². The standard InChI is InChI=1S/C17H12F3N3O2S/c1-10-2-3-12(16-23-21-9-25-16)8-14(10)22-15(24)11-4-6-13(7-5-11)26-17(18,19)20/h2-9H,1H3,(H,22,24). The van der Waals surface area contributed by atoms with Gasteiger partial charge >= 0.3 is 5.51 Å². The van der Waals surface area contributed by atoms with Crippen LogP contribution >= 0.6 is 11.8 Å². The maximum absolute atomic E-state index is 12.4. The summed E-state index contributed by atoms with van der Waals surface area (Å²) in [6.07, 6.45) is 1.20. The Labute approximate surface area is 150 Å². The van der Waals surface area contributed by atoms with Crippen LogP contribution < -0.4 is 5.32 Å². The third-order valence-electron chi connectivity index (χ3n) is 3.44. The third kappa shape index (κ3) is 4.42. The zero-order valence-electron chi connectivity index (χ0n) is 13.4. The summed E-state index contributed by atoms with van der Waals surface area (Å²) in [6.45, 7) is 1.82. The highest BCUT2D eigenvalue weighted by molar-refractivity contribution is 8.00. The van der Waals surface area contributed by atoms with E-state index in [2.05, 4.69) is 15.5 Å². The second kappa shape index (κ2) is 7.20. The first-order valence-electron chi connectivity index (χ1n) is 7.36. The highest BCUT2D eigenvalue weighted by Gasteiger charge is 2.29. The number of aryl methyl sites for hydroxylation is 1. The Kier molecular flexibility index (Phi) is 4.99. The molecular formula is C17H12F3N3O2S. The van der Waals surface area contributed by atoms with E-state index in [9.17, 15) is 18.0 Å². The second-order valence-corrected chi connectivity index (χ2v) is 6.44. The number of anilines is 1. The van der Waals surface area contributed by atoms with E-state index in [4.69, 9.17) is 4.42 Å². The van der Waals surface area contributed by atoms with Crippen molar-refractivity contribution in [3.8, 4) is 11.5 Å². The molecule has 1 heterocycles.